The predicted octanol–water partition coefficient (Wildman–Crippen LogP) is 6.62. The number of benzene rings is 2. The van der Waals surface area contributed by atoms with Crippen molar-refractivity contribution in [3.8, 4) is 11.4 Å². The van der Waals surface area contributed by atoms with Crippen molar-refractivity contribution in [3.05, 3.63) is 90.4 Å². The van der Waals surface area contributed by atoms with Gasteiger partial charge in [-0.1, -0.05) is 18.2 Å². The van der Waals surface area contributed by atoms with Gasteiger partial charge in [-0.3, -0.25) is 19.1 Å². The molecule has 11 heteroatoms. The number of aryl methyl sites for hydroxylation is 1. The number of ether oxygens (including phenoxy) is 1. The van der Waals surface area contributed by atoms with E-state index in [1.165, 1.54) is 28.2 Å². The molecule has 1 aliphatic carbocycles. The molecule has 0 radical (unpaired) electrons. The van der Waals surface area contributed by atoms with Crippen molar-refractivity contribution in [2.45, 2.75) is 52.6 Å². The predicted molar refractivity (Wildman–Crippen MR) is 162 cm³/mol. The van der Waals surface area contributed by atoms with Crippen molar-refractivity contribution < 1.29 is 18.7 Å². The molecule has 0 saturated carbocycles. The van der Waals surface area contributed by atoms with E-state index >= 15 is 0 Å². The maximum Gasteiger partial charge on any atom is 0.295 e. The fourth-order valence-electron chi connectivity index (χ4n) is 5.00. The summed E-state index contributed by atoms with van der Waals surface area (Å²) in [5.74, 6) is -1.68. The number of hydrogen-bond acceptors (Lipinski definition) is 5. The molecule has 0 bridgehead atoms. The number of aromatic nitrogens is 2. The van der Waals surface area contributed by atoms with E-state index < -0.39 is 17.6 Å². The second kappa shape index (κ2) is 11.7. The van der Waals surface area contributed by atoms with Gasteiger partial charge < -0.3 is 15.4 Å². The third-order valence-corrected chi connectivity index (χ3v) is 9.05. The first kappa shape index (κ1) is 28.8. The van der Waals surface area contributed by atoms with Gasteiger partial charge in [0.2, 0.25) is 0 Å². The number of carbonyl (C=O) groups excluding carboxylic acids is 2. The number of thiophene rings is 1. The van der Waals surface area contributed by atoms with Gasteiger partial charge in [-0.2, -0.15) is 0 Å². The highest BCUT2D eigenvalue weighted by Crippen LogP contribution is 2.39. The molecule has 0 aliphatic heterocycles. The molecule has 2 aromatic carbocycles. The summed E-state index contributed by atoms with van der Waals surface area (Å²) in [4.78, 5) is 41.6. The van der Waals surface area contributed by atoms with Gasteiger partial charge in [0, 0.05) is 11.9 Å². The van der Waals surface area contributed by atoms with Crippen LogP contribution in [-0.4, -0.2) is 27.3 Å². The summed E-state index contributed by atoms with van der Waals surface area (Å²) in [5, 5.41) is 6.05. The van der Waals surface area contributed by atoms with E-state index in [0.29, 0.717) is 28.4 Å². The molecule has 0 atom stereocenters. The molecule has 8 nitrogen and oxygen atoms in total. The Morgan fingerprint density at radius 2 is 1.76 bits per heavy atom. The van der Waals surface area contributed by atoms with E-state index in [2.05, 4.69) is 26.6 Å². The van der Waals surface area contributed by atoms with Crippen LogP contribution in [0.1, 0.15) is 63.5 Å². The molecule has 2 heterocycles. The summed E-state index contributed by atoms with van der Waals surface area (Å²) in [6.07, 6.45) is 3.14. The number of hydrogen-bond donors (Lipinski definition) is 2. The number of anilines is 2. The standard InChI is InChI=1S/C30H30BrFN4O4S/c1-16(2)40-21-15-14-20(24(31)25(21)32)27(37)34-29-23(19-12-8-9-13-22(19)41-29)28(38)33-26-17(3)35(4)36(30(26)39)18-10-6-5-7-11-18/h5-7,10-11,14-16H,8-9,12-13H2,1-4H3,(H,33,38)(H,34,37). The molecule has 2 N–H and O–H groups in total. The molecule has 0 unspecified atom stereocenters. The number of amides is 2. The summed E-state index contributed by atoms with van der Waals surface area (Å²) >= 11 is 4.54. The fourth-order valence-corrected chi connectivity index (χ4v) is 6.79. The Kier molecular flexibility index (Phi) is 8.19. The summed E-state index contributed by atoms with van der Waals surface area (Å²) < 4.78 is 23.6. The minimum absolute atomic E-state index is 0.0261. The van der Waals surface area contributed by atoms with Crippen LogP contribution in [0.5, 0.6) is 5.75 Å². The van der Waals surface area contributed by atoms with Crippen molar-refractivity contribution in [2.75, 3.05) is 10.6 Å². The molecule has 214 valence electrons. The third-order valence-electron chi connectivity index (χ3n) is 7.07. The highest BCUT2D eigenvalue weighted by atomic mass is 79.9. The van der Waals surface area contributed by atoms with E-state index in [1.54, 1.807) is 32.5 Å². The molecule has 5 rings (SSSR count). The van der Waals surface area contributed by atoms with Crippen LogP contribution in [0.4, 0.5) is 15.1 Å². The third kappa shape index (κ3) is 5.48. The lowest BCUT2D eigenvalue weighted by Gasteiger charge is -2.14. The topological polar surface area (TPSA) is 94.4 Å². The van der Waals surface area contributed by atoms with E-state index in [-0.39, 0.29) is 33.1 Å². The minimum atomic E-state index is -0.677. The van der Waals surface area contributed by atoms with Crippen molar-refractivity contribution in [1.29, 1.82) is 0 Å². The summed E-state index contributed by atoms with van der Waals surface area (Å²) in [7, 11) is 1.76. The zero-order valence-electron chi connectivity index (χ0n) is 23.1. The minimum Gasteiger partial charge on any atom is -0.488 e. The highest BCUT2D eigenvalue weighted by molar-refractivity contribution is 9.10. The Balaban J connectivity index is 1.49. The van der Waals surface area contributed by atoms with E-state index in [1.807, 2.05) is 30.3 Å². The second-order valence-corrected chi connectivity index (χ2v) is 12.1. The van der Waals surface area contributed by atoms with Crippen LogP contribution in [0, 0.1) is 12.7 Å². The van der Waals surface area contributed by atoms with E-state index in [9.17, 15) is 18.8 Å². The first-order valence-electron chi connectivity index (χ1n) is 13.3. The normalized spacial score (nSPS) is 12.8. The van der Waals surface area contributed by atoms with Crippen LogP contribution >= 0.6 is 27.3 Å². The molecular formula is C30H30BrFN4O4S. The van der Waals surface area contributed by atoms with Crippen LogP contribution < -0.4 is 20.9 Å². The molecule has 2 amide bonds. The summed E-state index contributed by atoms with van der Waals surface area (Å²) in [6.45, 7) is 5.33. The number of fused-ring (bicyclic) bond motifs is 1. The average Bonchev–Trinajstić information content (AvgIpc) is 3.41. The number of nitrogens with one attached hydrogen (secondary N) is 2. The largest absolute Gasteiger partial charge is 0.488 e. The van der Waals surface area contributed by atoms with Crippen LogP contribution in [0.25, 0.3) is 5.69 Å². The van der Waals surface area contributed by atoms with E-state index in [4.69, 9.17) is 4.74 Å². The quantitative estimate of drug-likeness (QED) is 0.237. The first-order chi connectivity index (χ1) is 19.6. The van der Waals surface area contributed by atoms with Crippen LogP contribution in [0.15, 0.2) is 51.7 Å². The monoisotopic (exact) mass is 640 g/mol. The number of nitrogens with zero attached hydrogens (tertiary/aromatic N) is 2. The van der Waals surface area contributed by atoms with Gasteiger partial charge in [0.15, 0.2) is 11.6 Å². The van der Waals surface area contributed by atoms with Crippen LogP contribution in [0.3, 0.4) is 0 Å². The van der Waals surface area contributed by atoms with E-state index in [0.717, 1.165) is 29.7 Å². The number of carbonyl (C=O) groups is 2. The molecular weight excluding hydrogens is 611 g/mol. The Morgan fingerprint density at radius 1 is 1.05 bits per heavy atom. The molecule has 0 spiro atoms. The zero-order valence-corrected chi connectivity index (χ0v) is 25.5. The lowest BCUT2D eigenvalue weighted by Crippen LogP contribution is -2.24. The first-order valence-corrected chi connectivity index (χ1v) is 14.9. The number of halogens is 2. The maximum absolute atomic E-state index is 14.9. The molecule has 4 aromatic rings. The van der Waals surface area contributed by atoms with Crippen molar-refractivity contribution in [3.63, 3.8) is 0 Å². The SMILES string of the molecule is Cc1c(NC(=O)c2c(NC(=O)c3ccc(OC(C)C)c(F)c3Br)sc3c2CCCC3)c(=O)n(-c2ccccc2)n1C. The summed E-state index contributed by atoms with van der Waals surface area (Å²) in [5.41, 5.74) is 2.35. The number of rotatable bonds is 7. The van der Waals surface area contributed by atoms with Crippen LogP contribution in [0.2, 0.25) is 0 Å². The van der Waals surface area contributed by atoms with Gasteiger partial charge in [-0.05, 0) is 92.2 Å². The van der Waals surface area contributed by atoms with Gasteiger partial charge in [0.1, 0.15) is 10.7 Å². The fraction of sp³-hybridized carbons (Fsp3) is 0.300. The smallest absolute Gasteiger partial charge is 0.295 e. The van der Waals surface area contributed by atoms with Gasteiger partial charge >= 0.3 is 0 Å². The summed E-state index contributed by atoms with van der Waals surface area (Å²) in [6, 6.07) is 12.1. The van der Waals surface area contributed by atoms with Crippen molar-refractivity contribution in [2.24, 2.45) is 7.05 Å². The lowest BCUT2D eigenvalue weighted by molar-refractivity contribution is 0.102. The highest BCUT2D eigenvalue weighted by Gasteiger charge is 2.29. The molecule has 0 fully saturated rings. The number of para-hydroxylation sites is 1. The molecule has 2 aromatic heterocycles. The van der Waals surface area contributed by atoms with Gasteiger partial charge in [-0.25, -0.2) is 9.07 Å². The second-order valence-electron chi connectivity index (χ2n) is 10.2. The Bertz CT molecular complexity index is 1710. The van der Waals surface area contributed by atoms with Gasteiger partial charge in [0.25, 0.3) is 17.4 Å². The Labute approximate surface area is 249 Å². The van der Waals surface area contributed by atoms with Crippen molar-refractivity contribution >= 4 is 49.8 Å². The maximum atomic E-state index is 14.9. The Morgan fingerprint density at radius 3 is 2.46 bits per heavy atom. The Hall–Kier alpha value is -3.70. The van der Waals surface area contributed by atoms with Gasteiger partial charge in [0.05, 0.1) is 33.1 Å². The zero-order chi connectivity index (χ0) is 29.4. The van der Waals surface area contributed by atoms with Crippen molar-refractivity contribution in [1.82, 2.24) is 9.36 Å². The molecule has 1 aliphatic rings. The molecule has 0 saturated heterocycles. The van der Waals surface area contributed by atoms with Gasteiger partial charge in [-0.15, -0.1) is 11.3 Å². The molecule has 41 heavy (non-hydrogen) atoms. The lowest BCUT2D eigenvalue weighted by atomic mass is 9.95. The average molecular weight is 642 g/mol. The van der Waals surface area contributed by atoms with Crippen LogP contribution in [-0.2, 0) is 19.9 Å².